The lowest BCUT2D eigenvalue weighted by Gasteiger charge is -2.16. The van der Waals surface area contributed by atoms with Crippen LogP contribution in [-0.4, -0.2) is 43.4 Å². The Morgan fingerprint density at radius 2 is 2.08 bits per heavy atom. The first kappa shape index (κ1) is 19.0. The van der Waals surface area contributed by atoms with E-state index in [1.807, 2.05) is 13.0 Å². The van der Waals surface area contributed by atoms with Gasteiger partial charge in [-0.1, -0.05) is 24.1 Å². The number of aryl methyl sites for hydroxylation is 1. The van der Waals surface area contributed by atoms with E-state index >= 15 is 0 Å². The van der Waals surface area contributed by atoms with Gasteiger partial charge in [-0.05, 0) is 37.5 Å². The lowest BCUT2D eigenvalue weighted by atomic mass is 10.0. The topological polar surface area (TPSA) is 104 Å². The van der Waals surface area contributed by atoms with E-state index in [1.165, 1.54) is 0 Å². The first-order valence-corrected chi connectivity index (χ1v) is 10.7. The third-order valence-electron chi connectivity index (χ3n) is 4.92. The van der Waals surface area contributed by atoms with Crippen LogP contribution in [0.2, 0.25) is 5.02 Å². The molecule has 0 saturated carbocycles. The zero-order chi connectivity index (χ0) is 18.9. The maximum absolute atomic E-state index is 12.2. The Kier molecular flexibility index (Phi) is 5.43. The Bertz CT molecular complexity index is 827. The summed E-state index contributed by atoms with van der Waals surface area (Å²) in [5, 5.41) is 8.14. The van der Waals surface area contributed by atoms with Gasteiger partial charge in [0.1, 0.15) is 0 Å². The molecular formula is C17H22ClN3O4S. The number of sulfone groups is 1. The average Bonchev–Trinajstić information content (AvgIpc) is 2.99. The lowest BCUT2D eigenvalue weighted by molar-refractivity contribution is -0.116. The SMILES string of the molecule is Cc1ccc(NC(=O)CCCC[C@@H]2[C@H]3NC(=O)N[C@H]3CS2(=O)=O)cc1Cl. The smallest absolute Gasteiger partial charge is 0.315 e. The zero-order valence-electron chi connectivity index (χ0n) is 14.4. The van der Waals surface area contributed by atoms with E-state index in [1.54, 1.807) is 12.1 Å². The lowest BCUT2D eigenvalue weighted by Crippen LogP contribution is -2.39. The van der Waals surface area contributed by atoms with Gasteiger partial charge in [-0.3, -0.25) is 4.79 Å². The van der Waals surface area contributed by atoms with Gasteiger partial charge in [0.05, 0.1) is 23.1 Å². The number of fused-ring (bicyclic) bond motifs is 1. The number of unbranched alkanes of at least 4 members (excludes halogenated alkanes) is 1. The minimum absolute atomic E-state index is 0.0181. The minimum atomic E-state index is -3.22. The van der Waals surface area contributed by atoms with E-state index in [4.69, 9.17) is 11.6 Å². The van der Waals surface area contributed by atoms with E-state index in [0.717, 1.165) is 5.56 Å². The molecule has 26 heavy (non-hydrogen) atoms. The molecule has 2 saturated heterocycles. The second kappa shape index (κ2) is 7.44. The van der Waals surface area contributed by atoms with E-state index < -0.39 is 15.1 Å². The summed E-state index contributed by atoms with van der Waals surface area (Å²) in [4.78, 5) is 23.4. The maximum Gasteiger partial charge on any atom is 0.315 e. The standard InChI is InChI=1S/C17H22ClN3O4S/c1-10-6-7-11(8-12(10)18)19-15(22)5-3-2-4-14-16-13(9-26(14,24)25)20-17(23)21-16/h6-8,13-14,16H,2-5,9H2,1H3,(H,19,22)(H2,20,21,23)/t13-,14+,16-/m0/s1. The van der Waals surface area contributed by atoms with Crippen LogP contribution in [0.4, 0.5) is 10.5 Å². The third kappa shape index (κ3) is 4.12. The normalized spacial score (nSPS) is 26.1. The summed E-state index contributed by atoms with van der Waals surface area (Å²) < 4.78 is 24.5. The molecule has 3 N–H and O–H groups in total. The van der Waals surface area contributed by atoms with Crippen LogP contribution >= 0.6 is 11.6 Å². The van der Waals surface area contributed by atoms with Gasteiger partial charge in [0.25, 0.3) is 0 Å². The van der Waals surface area contributed by atoms with Gasteiger partial charge in [0.2, 0.25) is 5.91 Å². The van der Waals surface area contributed by atoms with Gasteiger partial charge in [-0.25, -0.2) is 13.2 Å². The summed E-state index contributed by atoms with van der Waals surface area (Å²) in [5.41, 5.74) is 1.58. The first-order chi connectivity index (χ1) is 12.3. The summed E-state index contributed by atoms with van der Waals surface area (Å²) in [7, 11) is -3.22. The van der Waals surface area contributed by atoms with Crippen molar-refractivity contribution in [3.05, 3.63) is 28.8 Å². The molecule has 9 heteroatoms. The van der Waals surface area contributed by atoms with Crippen LogP contribution in [0.25, 0.3) is 0 Å². The zero-order valence-corrected chi connectivity index (χ0v) is 16.0. The van der Waals surface area contributed by atoms with Gasteiger partial charge >= 0.3 is 6.03 Å². The summed E-state index contributed by atoms with van der Waals surface area (Å²) in [6.07, 6.45) is 1.92. The summed E-state index contributed by atoms with van der Waals surface area (Å²) in [6.45, 7) is 1.89. The molecule has 0 spiro atoms. The molecule has 2 aliphatic rings. The van der Waals surface area contributed by atoms with Crippen molar-refractivity contribution in [1.82, 2.24) is 10.6 Å². The van der Waals surface area contributed by atoms with Gasteiger partial charge in [0.15, 0.2) is 9.84 Å². The number of rotatable bonds is 6. The molecule has 0 radical (unpaired) electrons. The monoisotopic (exact) mass is 399 g/mol. The Morgan fingerprint density at radius 3 is 2.81 bits per heavy atom. The van der Waals surface area contributed by atoms with Crippen LogP contribution in [-0.2, 0) is 14.6 Å². The van der Waals surface area contributed by atoms with Crippen molar-refractivity contribution >= 4 is 39.1 Å². The largest absolute Gasteiger partial charge is 0.332 e. The molecule has 0 aliphatic carbocycles. The number of hydrogen-bond acceptors (Lipinski definition) is 4. The van der Waals surface area contributed by atoms with Crippen LogP contribution in [0.3, 0.4) is 0 Å². The molecule has 1 aromatic rings. The molecular weight excluding hydrogens is 378 g/mol. The average molecular weight is 400 g/mol. The predicted octanol–water partition coefficient (Wildman–Crippen LogP) is 1.99. The van der Waals surface area contributed by atoms with Crippen molar-refractivity contribution in [2.24, 2.45) is 0 Å². The molecule has 7 nitrogen and oxygen atoms in total. The number of urea groups is 1. The third-order valence-corrected chi connectivity index (χ3v) is 7.60. The minimum Gasteiger partial charge on any atom is -0.332 e. The van der Waals surface area contributed by atoms with Crippen molar-refractivity contribution in [1.29, 1.82) is 0 Å². The van der Waals surface area contributed by atoms with Gasteiger partial charge < -0.3 is 16.0 Å². The Morgan fingerprint density at radius 1 is 1.31 bits per heavy atom. The van der Waals surface area contributed by atoms with Crippen LogP contribution in [0, 0.1) is 6.92 Å². The number of amides is 3. The fourth-order valence-electron chi connectivity index (χ4n) is 3.53. The van der Waals surface area contributed by atoms with Crippen molar-refractivity contribution in [3.8, 4) is 0 Å². The quantitative estimate of drug-likeness (QED) is 0.502. The van der Waals surface area contributed by atoms with Crippen LogP contribution in [0.15, 0.2) is 18.2 Å². The predicted molar refractivity (Wildman–Crippen MR) is 100 cm³/mol. The molecule has 2 aliphatic heterocycles. The fourth-order valence-corrected chi connectivity index (χ4v) is 5.98. The van der Waals surface area contributed by atoms with E-state index in [9.17, 15) is 18.0 Å². The number of benzene rings is 1. The van der Waals surface area contributed by atoms with E-state index in [-0.39, 0.29) is 29.8 Å². The number of nitrogens with one attached hydrogen (secondary N) is 3. The van der Waals surface area contributed by atoms with Crippen LogP contribution in [0.5, 0.6) is 0 Å². The highest BCUT2D eigenvalue weighted by atomic mass is 35.5. The second-order valence-electron chi connectivity index (χ2n) is 6.88. The molecule has 3 atom stereocenters. The Balaban J connectivity index is 1.45. The Labute approximate surface area is 157 Å². The fraction of sp³-hybridized carbons (Fsp3) is 0.529. The van der Waals surface area contributed by atoms with Crippen molar-refractivity contribution < 1.29 is 18.0 Å². The summed E-state index contributed by atoms with van der Waals surface area (Å²) in [5.74, 6) is -0.150. The number of halogens is 1. The molecule has 3 amide bonds. The second-order valence-corrected chi connectivity index (χ2v) is 9.55. The van der Waals surface area contributed by atoms with Crippen LogP contribution < -0.4 is 16.0 Å². The number of hydrogen-bond donors (Lipinski definition) is 3. The molecule has 0 bridgehead atoms. The molecule has 0 unspecified atom stereocenters. The molecule has 3 rings (SSSR count). The van der Waals surface area contributed by atoms with Crippen molar-refractivity contribution in [3.63, 3.8) is 0 Å². The Hall–Kier alpha value is -1.80. The number of carbonyl (C=O) groups is 2. The highest BCUT2D eigenvalue weighted by molar-refractivity contribution is 7.92. The molecule has 2 heterocycles. The highest BCUT2D eigenvalue weighted by Gasteiger charge is 2.51. The van der Waals surface area contributed by atoms with E-state index in [0.29, 0.717) is 36.4 Å². The summed E-state index contributed by atoms with van der Waals surface area (Å²) >= 11 is 6.03. The number of anilines is 1. The van der Waals surface area contributed by atoms with Gasteiger partial charge in [-0.15, -0.1) is 0 Å². The molecule has 2 fully saturated rings. The molecule has 142 valence electrons. The van der Waals surface area contributed by atoms with Crippen molar-refractivity contribution in [2.45, 2.75) is 49.9 Å². The van der Waals surface area contributed by atoms with Gasteiger partial charge in [0, 0.05) is 17.1 Å². The number of carbonyl (C=O) groups excluding carboxylic acids is 2. The summed E-state index contributed by atoms with van der Waals surface area (Å²) in [6, 6.07) is 4.32. The van der Waals surface area contributed by atoms with E-state index in [2.05, 4.69) is 16.0 Å². The molecule has 0 aromatic heterocycles. The highest BCUT2D eigenvalue weighted by Crippen LogP contribution is 2.28. The first-order valence-electron chi connectivity index (χ1n) is 8.61. The molecule has 1 aromatic carbocycles. The maximum atomic E-state index is 12.2. The van der Waals surface area contributed by atoms with Crippen LogP contribution in [0.1, 0.15) is 31.2 Å². The van der Waals surface area contributed by atoms with Gasteiger partial charge in [-0.2, -0.15) is 0 Å². The van der Waals surface area contributed by atoms with Crippen molar-refractivity contribution in [2.75, 3.05) is 11.1 Å².